The van der Waals surface area contributed by atoms with Crippen LogP contribution in [-0.2, 0) is 6.54 Å². The van der Waals surface area contributed by atoms with E-state index in [1.54, 1.807) is 0 Å². The average molecular weight is 319 g/mol. The predicted octanol–water partition coefficient (Wildman–Crippen LogP) is 4.17. The van der Waals surface area contributed by atoms with Gasteiger partial charge in [0, 0.05) is 25.7 Å². The van der Waals surface area contributed by atoms with Gasteiger partial charge in [0.15, 0.2) is 0 Å². The van der Waals surface area contributed by atoms with Crippen molar-refractivity contribution in [1.82, 2.24) is 9.80 Å². The fourth-order valence-corrected chi connectivity index (χ4v) is 3.19. The number of rotatable bonds is 8. The van der Waals surface area contributed by atoms with Gasteiger partial charge < -0.3 is 14.5 Å². The molecule has 0 N–H and O–H groups in total. The Morgan fingerprint density at radius 2 is 1.83 bits per heavy atom. The van der Waals surface area contributed by atoms with Crippen LogP contribution in [0.25, 0.3) is 0 Å². The largest absolute Gasteiger partial charge is 0.490 e. The van der Waals surface area contributed by atoms with E-state index >= 15 is 0 Å². The Labute approximate surface area is 142 Å². The molecule has 0 bridgehead atoms. The zero-order valence-corrected chi connectivity index (χ0v) is 15.4. The lowest BCUT2D eigenvalue weighted by atomic mass is 10.1. The molecule has 0 radical (unpaired) electrons. The summed E-state index contributed by atoms with van der Waals surface area (Å²) >= 11 is 0. The Morgan fingerprint density at radius 3 is 2.39 bits per heavy atom. The fraction of sp³-hybridized carbons (Fsp3) is 0.700. The third kappa shape index (κ3) is 6.15. The Balaban J connectivity index is 1.77. The van der Waals surface area contributed by atoms with Gasteiger partial charge in [0.1, 0.15) is 11.9 Å². The maximum absolute atomic E-state index is 6.17. The van der Waals surface area contributed by atoms with Crippen LogP contribution in [0.15, 0.2) is 24.3 Å². The van der Waals surface area contributed by atoms with Crippen LogP contribution in [0.1, 0.15) is 52.0 Å². The summed E-state index contributed by atoms with van der Waals surface area (Å²) in [5, 5.41) is 0. The van der Waals surface area contributed by atoms with Gasteiger partial charge >= 0.3 is 0 Å². The van der Waals surface area contributed by atoms with Crippen LogP contribution in [0.4, 0.5) is 0 Å². The Morgan fingerprint density at radius 1 is 1.17 bits per heavy atom. The van der Waals surface area contributed by atoms with E-state index in [4.69, 9.17) is 4.74 Å². The molecule has 1 aromatic carbocycles. The van der Waals surface area contributed by atoms with Gasteiger partial charge in [-0.1, -0.05) is 25.5 Å². The van der Waals surface area contributed by atoms with Crippen molar-refractivity contribution in [3.63, 3.8) is 0 Å². The summed E-state index contributed by atoms with van der Waals surface area (Å²) in [6, 6.07) is 9.34. The Bertz CT molecular complexity index is 435. The highest BCUT2D eigenvalue weighted by molar-refractivity contribution is 5.27. The van der Waals surface area contributed by atoms with Crippen molar-refractivity contribution in [1.29, 1.82) is 0 Å². The lowest BCUT2D eigenvalue weighted by molar-refractivity contribution is 0.0843. The van der Waals surface area contributed by atoms with Crippen LogP contribution in [0.5, 0.6) is 5.75 Å². The van der Waals surface area contributed by atoms with E-state index in [2.05, 4.69) is 61.9 Å². The molecular weight excluding hydrogens is 284 g/mol. The molecule has 0 saturated carbocycles. The van der Waals surface area contributed by atoms with Crippen molar-refractivity contribution in [2.24, 2.45) is 0 Å². The highest BCUT2D eigenvalue weighted by Gasteiger charge is 2.21. The highest BCUT2D eigenvalue weighted by Crippen LogP contribution is 2.21. The first kappa shape index (κ1) is 18.3. The quantitative estimate of drug-likeness (QED) is 0.715. The van der Waals surface area contributed by atoms with Gasteiger partial charge in [0.2, 0.25) is 0 Å². The molecule has 1 aliphatic heterocycles. The molecule has 0 amide bonds. The van der Waals surface area contributed by atoms with E-state index in [0.717, 1.165) is 38.2 Å². The summed E-state index contributed by atoms with van der Waals surface area (Å²) in [4.78, 5) is 4.93. The number of ether oxygens (including phenoxy) is 1. The van der Waals surface area contributed by atoms with Gasteiger partial charge in [-0.3, -0.25) is 0 Å². The number of unbranched alkanes of at least 4 members (excludes halogenated alkanes) is 1. The molecule has 0 spiro atoms. The lowest BCUT2D eigenvalue weighted by Gasteiger charge is -2.34. The number of benzene rings is 1. The first-order chi connectivity index (χ1) is 11.1. The maximum Gasteiger partial charge on any atom is 0.119 e. The third-order valence-corrected chi connectivity index (χ3v) is 4.78. The van der Waals surface area contributed by atoms with E-state index in [1.807, 2.05) is 0 Å². The molecule has 1 fully saturated rings. The lowest BCUT2D eigenvalue weighted by Crippen LogP contribution is -2.41. The smallest absolute Gasteiger partial charge is 0.119 e. The Hall–Kier alpha value is -1.06. The average Bonchev–Trinajstić information content (AvgIpc) is 2.55. The SMILES string of the molecule is CCCCN(C)Cc1ccc(OC2CCN(C(C)C)CC2)cc1. The van der Waals surface area contributed by atoms with Crippen LogP contribution < -0.4 is 4.74 Å². The molecule has 1 saturated heterocycles. The van der Waals surface area contributed by atoms with Gasteiger partial charge in [0.25, 0.3) is 0 Å². The second-order valence-electron chi connectivity index (χ2n) is 7.18. The number of hydrogen-bond donors (Lipinski definition) is 0. The molecule has 2 rings (SSSR count). The van der Waals surface area contributed by atoms with Crippen molar-refractivity contribution < 1.29 is 4.74 Å². The summed E-state index contributed by atoms with van der Waals surface area (Å²) in [6.07, 6.45) is 5.18. The number of piperidine rings is 1. The molecule has 1 aromatic rings. The number of nitrogens with zero attached hydrogens (tertiary/aromatic N) is 2. The van der Waals surface area contributed by atoms with E-state index in [0.29, 0.717) is 12.1 Å². The van der Waals surface area contributed by atoms with Crippen molar-refractivity contribution in [2.45, 2.75) is 65.1 Å². The molecule has 130 valence electrons. The van der Waals surface area contributed by atoms with Crippen molar-refractivity contribution >= 4 is 0 Å². The second-order valence-corrected chi connectivity index (χ2v) is 7.18. The molecule has 3 heteroatoms. The first-order valence-electron chi connectivity index (χ1n) is 9.26. The molecule has 0 unspecified atom stereocenters. The molecule has 1 aliphatic rings. The monoisotopic (exact) mass is 318 g/mol. The minimum absolute atomic E-state index is 0.378. The minimum atomic E-state index is 0.378. The van der Waals surface area contributed by atoms with Gasteiger partial charge in [0.05, 0.1) is 0 Å². The minimum Gasteiger partial charge on any atom is -0.490 e. The van der Waals surface area contributed by atoms with Crippen molar-refractivity contribution in [2.75, 3.05) is 26.7 Å². The second kappa shape index (κ2) is 9.29. The van der Waals surface area contributed by atoms with Crippen LogP contribution in [0.2, 0.25) is 0 Å². The summed E-state index contributed by atoms with van der Waals surface area (Å²) in [5.74, 6) is 1.02. The van der Waals surface area contributed by atoms with E-state index in [1.165, 1.54) is 24.9 Å². The topological polar surface area (TPSA) is 15.7 Å². The summed E-state index contributed by atoms with van der Waals surface area (Å²) in [6.45, 7) is 11.3. The third-order valence-electron chi connectivity index (χ3n) is 4.78. The normalized spacial score (nSPS) is 17.1. The standard InChI is InChI=1S/C20H34N2O/c1-5-6-13-21(4)16-18-7-9-19(10-8-18)23-20-11-14-22(15-12-20)17(2)3/h7-10,17,20H,5-6,11-16H2,1-4H3. The van der Waals surface area contributed by atoms with E-state index < -0.39 is 0 Å². The molecule has 0 aliphatic carbocycles. The zero-order chi connectivity index (χ0) is 16.7. The molecular formula is C20H34N2O. The number of likely N-dealkylation sites (tertiary alicyclic amines) is 1. The van der Waals surface area contributed by atoms with Crippen LogP contribution in [0.3, 0.4) is 0 Å². The van der Waals surface area contributed by atoms with Gasteiger partial charge in [-0.05, 0) is 64.4 Å². The van der Waals surface area contributed by atoms with Crippen molar-refractivity contribution in [3.05, 3.63) is 29.8 Å². The van der Waals surface area contributed by atoms with Gasteiger partial charge in [-0.2, -0.15) is 0 Å². The summed E-state index contributed by atoms with van der Waals surface area (Å²) in [7, 11) is 2.20. The fourth-order valence-electron chi connectivity index (χ4n) is 3.19. The first-order valence-corrected chi connectivity index (χ1v) is 9.26. The molecule has 0 atom stereocenters. The van der Waals surface area contributed by atoms with Crippen LogP contribution >= 0.6 is 0 Å². The summed E-state index contributed by atoms with van der Waals surface area (Å²) < 4.78 is 6.17. The molecule has 0 aromatic heterocycles. The van der Waals surface area contributed by atoms with Crippen LogP contribution in [0, 0.1) is 0 Å². The highest BCUT2D eigenvalue weighted by atomic mass is 16.5. The summed E-state index contributed by atoms with van der Waals surface area (Å²) in [5.41, 5.74) is 1.37. The van der Waals surface area contributed by atoms with E-state index in [9.17, 15) is 0 Å². The van der Waals surface area contributed by atoms with Crippen LogP contribution in [-0.4, -0.2) is 48.6 Å². The van der Waals surface area contributed by atoms with Gasteiger partial charge in [-0.25, -0.2) is 0 Å². The zero-order valence-electron chi connectivity index (χ0n) is 15.4. The molecule has 3 nitrogen and oxygen atoms in total. The number of hydrogen-bond acceptors (Lipinski definition) is 3. The Kier molecular flexibility index (Phi) is 7.38. The van der Waals surface area contributed by atoms with Crippen molar-refractivity contribution in [3.8, 4) is 5.75 Å². The predicted molar refractivity (Wildman–Crippen MR) is 98.0 cm³/mol. The molecule has 23 heavy (non-hydrogen) atoms. The van der Waals surface area contributed by atoms with Gasteiger partial charge in [-0.15, -0.1) is 0 Å². The van der Waals surface area contributed by atoms with E-state index in [-0.39, 0.29) is 0 Å². The maximum atomic E-state index is 6.17. The molecule has 1 heterocycles.